The standard InChI is InChI=1S/C27H31N3O5S/c1-19(16-35-22-7-5-21(6-8-22)27(17-34-18-27)36(3,32)33)30(2)12-10-26(11-13-30)23-14-20(15-28)4-9-24(23)29-25(26)31/h4-9,14,19H,10-13,16-18H2,1-3H3/p+1. The Labute approximate surface area is 212 Å². The number of nitrogens with zero attached hydrogens (tertiary/aromatic N) is 2. The van der Waals surface area contributed by atoms with Gasteiger partial charge < -0.3 is 19.3 Å². The van der Waals surface area contributed by atoms with Gasteiger partial charge in [-0.15, -0.1) is 0 Å². The van der Waals surface area contributed by atoms with Crippen LogP contribution in [-0.4, -0.2) is 71.1 Å². The fraction of sp³-hybridized carbons (Fsp3) is 0.481. The van der Waals surface area contributed by atoms with Crippen LogP contribution in [0.2, 0.25) is 0 Å². The quantitative estimate of drug-likeness (QED) is 0.599. The number of anilines is 1. The van der Waals surface area contributed by atoms with E-state index in [9.17, 15) is 18.5 Å². The first-order valence-electron chi connectivity index (χ1n) is 12.2. The third-order valence-electron chi connectivity index (χ3n) is 8.76. The number of quaternary nitrogens is 1. The Morgan fingerprint density at radius 1 is 1.17 bits per heavy atom. The van der Waals surface area contributed by atoms with Crippen molar-refractivity contribution in [2.24, 2.45) is 0 Å². The first-order chi connectivity index (χ1) is 17.0. The molecule has 2 aromatic carbocycles. The fourth-order valence-corrected chi connectivity index (χ4v) is 6.84. The maximum atomic E-state index is 13.0. The monoisotopic (exact) mass is 510 g/mol. The zero-order valence-corrected chi connectivity index (χ0v) is 21.7. The molecule has 9 heteroatoms. The predicted octanol–water partition coefficient (Wildman–Crippen LogP) is 2.73. The van der Waals surface area contributed by atoms with Crippen LogP contribution >= 0.6 is 0 Å². The van der Waals surface area contributed by atoms with Crippen molar-refractivity contribution in [3.63, 3.8) is 0 Å². The van der Waals surface area contributed by atoms with Gasteiger partial charge in [0.15, 0.2) is 9.84 Å². The summed E-state index contributed by atoms with van der Waals surface area (Å²) in [5.41, 5.74) is 2.50. The van der Waals surface area contributed by atoms with Gasteiger partial charge >= 0.3 is 0 Å². The molecule has 2 aromatic rings. The second-order valence-electron chi connectivity index (χ2n) is 10.8. The Morgan fingerprint density at radius 3 is 2.39 bits per heavy atom. The number of carbonyl (C=O) groups is 1. The summed E-state index contributed by atoms with van der Waals surface area (Å²) in [7, 11) is -1.09. The molecule has 0 saturated carbocycles. The van der Waals surface area contributed by atoms with Crippen molar-refractivity contribution in [3.05, 3.63) is 59.2 Å². The fourth-order valence-electron chi connectivity index (χ4n) is 5.68. The molecule has 2 saturated heterocycles. The van der Waals surface area contributed by atoms with E-state index in [1.807, 2.05) is 36.4 Å². The summed E-state index contributed by atoms with van der Waals surface area (Å²) in [5, 5.41) is 12.4. The maximum absolute atomic E-state index is 13.0. The highest BCUT2D eigenvalue weighted by molar-refractivity contribution is 7.91. The van der Waals surface area contributed by atoms with Crippen LogP contribution in [0.3, 0.4) is 0 Å². The lowest BCUT2D eigenvalue weighted by Gasteiger charge is -2.47. The van der Waals surface area contributed by atoms with Crippen molar-refractivity contribution in [3.8, 4) is 11.8 Å². The number of benzene rings is 2. The van der Waals surface area contributed by atoms with Gasteiger partial charge in [-0.3, -0.25) is 4.79 Å². The molecule has 5 rings (SSSR count). The first-order valence-corrected chi connectivity index (χ1v) is 14.1. The van der Waals surface area contributed by atoms with E-state index in [0.29, 0.717) is 30.8 Å². The van der Waals surface area contributed by atoms with E-state index in [0.717, 1.165) is 34.4 Å². The summed E-state index contributed by atoms with van der Waals surface area (Å²) in [6.45, 7) is 4.67. The van der Waals surface area contributed by atoms with Gasteiger partial charge in [0.25, 0.3) is 0 Å². The molecule has 1 spiro atoms. The van der Waals surface area contributed by atoms with E-state index in [1.165, 1.54) is 6.26 Å². The van der Waals surface area contributed by atoms with Gasteiger partial charge in [-0.25, -0.2) is 8.42 Å². The first kappa shape index (κ1) is 24.8. The molecular formula is C27H32N3O5S+. The summed E-state index contributed by atoms with van der Waals surface area (Å²) in [5.74, 6) is 0.731. The molecule has 0 bridgehead atoms. The number of hydrogen-bond acceptors (Lipinski definition) is 6. The van der Waals surface area contributed by atoms with Crippen LogP contribution in [0, 0.1) is 11.3 Å². The van der Waals surface area contributed by atoms with Gasteiger partial charge in [-0.05, 0) is 48.4 Å². The molecule has 0 radical (unpaired) electrons. The molecule has 1 N–H and O–H groups in total. The van der Waals surface area contributed by atoms with Crippen molar-refractivity contribution in [1.29, 1.82) is 5.26 Å². The number of piperidine rings is 1. The van der Waals surface area contributed by atoms with Crippen LogP contribution in [0.4, 0.5) is 5.69 Å². The number of rotatable bonds is 6. The summed E-state index contributed by atoms with van der Waals surface area (Å²) < 4.78 is 35.8. The van der Waals surface area contributed by atoms with Crippen molar-refractivity contribution in [1.82, 2.24) is 0 Å². The van der Waals surface area contributed by atoms with Crippen molar-refractivity contribution < 1.29 is 27.2 Å². The number of likely N-dealkylation sites (tertiary alicyclic amines) is 1. The zero-order valence-electron chi connectivity index (χ0n) is 20.9. The van der Waals surface area contributed by atoms with E-state index in [2.05, 4.69) is 25.4 Å². The number of hydrogen-bond donors (Lipinski definition) is 1. The number of fused-ring (bicyclic) bond motifs is 2. The predicted molar refractivity (Wildman–Crippen MR) is 135 cm³/mol. The van der Waals surface area contributed by atoms with E-state index < -0.39 is 20.0 Å². The number of ether oxygens (including phenoxy) is 2. The number of carbonyl (C=O) groups excluding carboxylic acids is 1. The third-order valence-corrected chi connectivity index (χ3v) is 10.7. The highest BCUT2D eigenvalue weighted by Gasteiger charge is 2.53. The van der Waals surface area contributed by atoms with Crippen LogP contribution in [0.1, 0.15) is 36.5 Å². The lowest BCUT2D eigenvalue weighted by Crippen LogP contribution is -2.60. The van der Waals surface area contributed by atoms with Crippen LogP contribution in [0.25, 0.3) is 0 Å². The normalized spacial score (nSPS) is 27.4. The number of nitriles is 1. The molecule has 2 fully saturated rings. The zero-order chi connectivity index (χ0) is 25.8. The molecule has 8 nitrogen and oxygen atoms in total. The van der Waals surface area contributed by atoms with Crippen molar-refractivity contribution in [2.75, 3.05) is 51.5 Å². The Bertz CT molecular complexity index is 1330. The Morgan fingerprint density at radius 2 is 1.83 bits per heavy atom. The van der Waals surface area contributed by atoms with E-state index >= 15 is 0 Å². The highest BCUT2D eigenvalue weighted by atomic mass is 32.2. The van der Waals surface area contributed by atoms with Crippen molar-refractivity contribution >= 4 is 21.4 Å². The Kier molecular flexibility index (Phi) is 5.90. The molecular weight excluding hydrogens is 478 g/mol. The molecule has 3 aliphatic rings. The summed E-state index contributed by atoms with van der Waals surface area (Å²) in [6, 6.07) is 15.1. The average molecular weight is 511 g/mol. The molecule has 190 valence electrons. The minimum atomic E-state index is -3.29. The van der Waals surface area contributed by atoms with Gasteiger partial charge in [0.05, 0.1) is 50.4 Å². The second-order valence-corrected chi connectivity index (χ2v) is 13.1. The number of amides is 1. The molecule has 3 heterocycles. The molecule has 1 unspecified atom stereocenters. The summed E-state index contributed by atoms with van der Waals surface area (Å²) >= 11 is 0. The van der Waals surface area contributed by atoms with Gasteiger partial charge in [0, 0.05) is 24.8 Å². The maximum Gasteiger partial charge on any atom is 0.235 e. The van der Waals surface area contributed by atoms with E-state index in [1.54, 1.807) is 6.07 Å². The highest BCUT2D eigenvalue weighted by Crippen LogP contribution is 2.46. The van der Waals surface area contributed by atoms with Crippen molar-refractivity contribution in [2.45, 2.75) is 36.0 Å². The van der Waals surface area contributed by atoms with Crippen LogP contribution < -0.4 is 10.1 Å². The molecule has 36 heavy (non-hydrogen) atoms. The summed E-state index contributed by atoms with van der Waals surface area (Å²) in [4.78, 5) is 13.0. The van der Waals surface area contributed by atoms with Gasteiger partial charge in [0.1, 0.15) is 23.1 Å². The largest absolute Gasteiger partial charge is 0.487 e. The van der Waals surface area contributed by atoms with E-state index in [-0.39, 0.29) is 25.2 Å². The molecule has 0 aromatic heterocycles. The number of nitrogens with one attached hydrogen (secondary N) is 1. The molecule has 3 aliphatic heterocycles. The minimum Gasteiger partial charge on any atom is -0.487 e. The lowest BCUT2D eigenvalue weighted by atomic mass is 9.72. The Balaban J connectivity index is 1.24. The Hall–Kier alpha value is -2.93. The average Bonchev–Trinajstić information content (AvgIpc) is 3.09. The lowest BCUT2D eigenvalue weighted by molar-refractivity contribution is -0.936. The summed E-state index contributed by atoms with van der Waals surface area (Å²) in [6.07, 6.45) is 2.68. The SMILES string of the molecule is CC(COc1ccc(C2(S(C)(=O)=O)COC2)cc1)[N+]1(C)CCC2(CC1)C(=O)Nc1ccc(C#N)cc12. The van der Waals surface area contributed by atoms with Crippen LogP contribution in [0.5, 0.6) is 5.75 Å². The van der Waals surface area contributed by atoms with Gasteiger partial charge in [-0.1, -0.05) is 12.1 Å². The molecule has 0 aliphatic carbocycles. The van der Waals surface area contributed by atoms with Crippen LogP contribution in [0.15, 0.2) is 42.5 Å². The number of likely N-dealkylation sites (N-methyl/N-ethyl adjacent to an activating group) is 1. The van der Waals surface area contributed by atoms with Gasteiger partial charge in [0.2, 0.25) is 5.91 Å². The smallest absolute Gasteiger partial charge is 0.235 e. The van der Waals surface area contributed by atoms with E-state index in [4.69, 9.17) is 9.47 Å². The van der Waals surface area contributed by atoms with Crippen LogP contribution in [-0.2, 0) is 29.5 Å². The van der Waals surface area contributed by atoms with Gasteiger partial charge in [-0.2, -0.15) is 5.26 Å². The molecule has 1 atom stereocenters. The number of sulfone groups is 1. The molecule has 1 amide bonds. The second kappa shape index (κ2) is 8.58. The minimum absolute atomic E-state index is 0.0339. The topological polar surface area (TPSA) is 105 Å². The third kappa shape index (κ3) is 3.79.